The number of aryl methyl sites for hydroxylation is 1. The third-order valence-corrected chi connectivity index (χ3v) is 6.81. The lowest BCUT2D eigenvalue weighted by Gasteiger charge is -2.18. The van der Waals surface area contributed by atoms with Crippen molar-refractivity contribution in [3.63, 3.8) is 0 Å². The van der Waals surface area contributed by atoms with Gasteiger partial charge in [-0.1, -0.05) is 70.5 Å². The lowest BCUT2D eigenvalue weighted by atomic mass is 9.95. The number of ether oxygens (including phenoxy) is 1. The Kier molecular flexibility index (Phi) is 8.84. The molecule has 0 aliphatic rings. The molecule has 1 aromatic heterocycles. The van der Waals surface area contributed by atoms with Crippen molar-refractivity contribution in [2.24, 2.45) is 0 Å². The van der Waals surface area contributed by atoms with Gasteiger partial charge in [-0.2, -0.15) is 0 Å². The maximum absolute atomic E-state index is 12.9. The Balaban J connectivity index is 1.65. The number of hydrogen-bond acceptors (Lipinski definition) is 3. The second-order valence-corrected chi connectivity index (χ2v) is 9.67. The van der Waals surface area contributed by atoms with E-state index in [9.17, 15) is 4.79 Å². The highest BCUT2D eigenvalue weighted by Crippen LogP contribution is 2.32. The van der Waals surface area contributed by atoms with Gasteiger partial charge in [-0.3, -0.25) is 4.79 Å². The van der Waals surface area contributed by atoms with Crippen molar-refractivity contribution in [1.82, 2.24) is 5.32 Å². The Bertz CT molecular complexity index is 1100. The molecular formula is C29H36ClNO3. The molecule has 2 atom stereocenters. The molecule has 1 amide bonds. The molecule has 0 spiro atoms. The molecule has 2 aromatic carbocycles. The summed E-state index contributed by atoms with van der Waals surface area (Å²) in [7, 11) is 0. The van der Waals surface area contributed by atoms with E-state index in [1.807, 2.05) is 19.1 Å². The Morgan fingerprint density at radius 2 is 1.68 bits per heavy atom. The number of rotatable bonds is 10. The largest absolute Gasteiger partial charge is 0.485 e. The highest BCUT2D eigenvalue weighted by atomic mass is 35.5. The lowest BCUT2D eigenvalue weighted by Crippen LogP contribution is -2.27. The number of nitrogens with one attached hydrogen (secondary N) is 1. The molecule has 0 saturated carbocycles. The second-order valence-electron chi connectivity index (χ2n) is 9.26. The first kappa shape index (κ1) is 25.9. The van der Waals surface area contributed by atoms with E-state index < -0.39 is 0 Å². The van der Waals surface area contributed by atoms with Crippen LogP contribution in [0.1, 0.15) is 104 Å². The van der Waals surface area contributed by atoms with E-state index in [0.717, 1.165) is 40.3 Å². The molecule has 3 aromatic rings. The van der Waals surface area contributed by atoms with E-state index in [2.05, 4.69) is 64.2 Å². The Hall–Kier alpha value is -2.72. The van der Waals surface area contributed by atoms with Crippen molar-refractivity contribution >= 4 is 17.5 Å². The zero-order valence-electron chi connectivity index (χ0n) is 21.1. The predicted molar refractivity (Wildman–Crippen MR) is 139 cm³/mol. The number of hydrogen-bond donors (Lipinski definition) is 1. The van der Waals surface area contributed by atoms with Crippen LogP contribution in [0.15, 0.2) is 52.9 Å². The summed E-state index contributed by atoms with van der Waals surface area (Å²) in [5.41, 5.74) is 4.42. The standard InChI is InChI=1S/C29H36ClNO3/c1-7-19(5)21-9-11-22(12-10-21)26(8-2)31-29(32)27-14-13-23(34-27)17-33-28-15-20(6)25(30)16-24(28)18(3)4/h9-16,18-19,26H,7-8,17H2,1-6H3,(H,31,32). The molecule has 1 N–H and O–H groups in total. The third-order valence-electron chi connectivity index (χ3n) is 6.40. The number of amides is 1. The summed E-state index contributed by atoms with van der Waals surface area (Å²) in [5, 5.41) is 3.83. The maximum atomic E-state index is 12.9. The molecule has 0 fully saturated rings. The number of carbonyl (C=O) groups is 1. The van der Waals surface area contributed by atoms with Crippen molar-refractivity contribution in [2.45, 2.75) is 78.9 Å². The minimum atomic E-state index is -0.227. The first-order chi connectivity index (χ1) is 16.2. The van der Waals surface area contributed by atoms with E-state index in [4.69, 9.17) is 20.8 Å². The van der Waals surface area contributed by atoms with Crippen molar-refractivity contribution in [1.29, 1.82) is 0 Å². The summed E-state index contributed by atoms with van der Waals surface area (Å²) in [5.74, 6) is 2.24. The van der Waals surface area contributed by atoms with E-state index in [1.165, 1.54) is 5.56 Å². The van der Waals surface area contributed by atoms with E-state index in [1.54, 1.807) is 12.1 Å². The summed E-state index contributed by atoms with van der Waals surface area (Å²) in [6, 6.07) is 15.8. The molecule has 0 radical (unpaired) electrons. The van der Waals surface area contributed by atoms with Gasteiger partial charge in [0.2, 0.25) is 0 Å². The number of benzene rings is 2. The minimum Gasteiger partial charge on any atom is -0.485 e. The number of halogens is 1. The van der Waals surface area contributed by atoms with Gasteiger partial charge < -0.3 is 14.5 Å². The molecule has 5 heteroatoms. The number of carbonyl (C=O) groups excluding carboxylic acids is 1. The summed E-state index contributed by atoms with van der Waals surface area (Å²) >= 11 is 6.29. The fourth-order valence-corrected chi connectivity index (χ4v) is 4.09. The van der Waals surface area contributed by atoms with Crippen LogP contribution in [0, 0.1) is 6.92 Å². The summed E-state index contributed by atoms with van der Waals surface area (Å²) in [6.45, 7) is 12.9. The molecule has 0 saturated heterocycles. The topological polar surface area (TPSA) is 51.5 Å². The highest BCUT2D eigenvalue weighted by molar-refractivity contribution is 6.31. The molecular weight excluding hydrogens is 446 g/mol. The first-order valence-corrected chi connectivity index (χ1v) is 12.5. The molecule has 182 valence electrons. The minimum absolute atomic E-state index is 0.0751. The molecule has 1 heterocycles. The highest BCUT2D eigenvalue weighted by Gasteiger charge is 2.18. The molecule has 4 nitrogen and oxygen atoms in total. The summed E-state index contributed by atoms with van der Waals surface area (Å²) in [6.07, 6.45) is 1.90. The molecule has 0 bridgehead atoms. The molecule has 34 heavy (non-hydrogen) atoms. The van der Waals surface area contributed by atoms with Crippen LogP contribution in [0.5, 0.6) is 5.75 Å². The van der Waals surface area contributed by atoms with Gasteiger partial charge >= 0.3 is 0 Å². The van der Waals surface area contributed by atoms with Crippen LogP contribution in [0.25, 0.3) is 0 Å². The van der Waals surface area contributed by atoms with Crippen molar-refractivity contribution in [3.05, 3.63) is 87.3 Å². The van der Waals surface area contributed by atoms with Crippen LogP contribution in [-0.2, 0) is 6.61 Å². The third kappa shape index (κ3) is 6.24. The van der Waals surface area contributed by atoms with Crippen LogP contribution < -0.4 is 10.1 Å². The van der Waals surface area contributed by atoms with Crippen molar-refractivity contribution < 1.29 is 13.9 Å². The summed E-state index contributed by atoms with van der Waals surface area (Å²) in [4.78, 5) is 12.9. The fourth-order valence-electron chi connectivity index (χ4n) is 3.92. The average Bonchev–Trinajstić information content (AvgIpc) is 3.31. The SMILES string of the molecule is CCC(C)c1ccc(C(CC)NC(=O)c2ccc(COc3cc(C)c(Cl)cc3C(C)C)o2)cc1. The maximum Gasteiger partial charge on any atom is 0.287 e. The molecule has 2 unspecified atom stereocenters. The smallest absolute Gasteiger partial charge is 0.287 e. The van der Waals surface area contributed by atoms with Gasteiger partial charge in [0.15, 0.2) is 5.76 Å². The van der Waals surface area contributed by atoms with Gasteiger partial charge in [0.05, 0.1) is 6.04 Å². The lowest BCUT2D eigenvalue weighted by molar-refractivity contribution is 0.0903. The van der Waals surface area contributed by atoms with Crippen molar-refractivity contribution in [3.8, 4) is 5.75 Å². The zero-order chi connectivity index (χ0) is 24.8. The Morgan fingerprint density at radius 1 is 1.00 bits per heavy atom. The van der Waals surface area contributed by atoms with Gasteiger partial charge in [0.25, 0.3) is 5.91 Å². The quantitative estimate of drug-likeness (QED) is 0.316. The predicted octanol–water partition coefficient (Wildman–Crippen LogP) is 8.34. The van der Waals surface area contributed by atoms with Gasteiger partial charge in [0, 0.05) is 5.02 Å². The van der Waals surface area contributed by atoms with Crippen LogP contribution in [0.3, 0.4) is 0 Å². The monoisotopic (exact) mass is 481 g/mol. The zero-order valence-corrected chi connectivity index (χ0v) is 21.8. The van der Waals surface area contributed by atoms with Gasteiger partial charge in [-0.25, -0.2) is 0 Å². The van der Waals surface area contributed by atoms with Crippen LogP contribution in [-0.4, -0.2) is 5.91 Å². The van der Waals surface area contributed by atoms with E-state index in [0.29, 0.717) is 11.7 Å². The fraction of sp³-hybridized carbons (Fsp3) is 0.414. The molecule has 3 rings (SSSR count). The Morgan fingerprint density at radius 3 is 2.29 bits per heavy atom. The summed E-state index contributed by atoms with van der Waals surface area (Å²) < 4.78 is 11.8. The van der Waals surface area contributed by atoms with E-state index >= 15 is 0 Å². The van der Waals surface area contributed by atoms with Crippen LogP contribution in [0.4, 0.5) is 0 Å². The molecule has 0 aliphatic heterocycles. The van der Waals surface area contributed by atoms with Gasteiger partial charge in [-0.05, 0) is 78.1 Å². The second kappa shape index (κ2) is 11.6. The first-order valence-electron chi connectivity index (χ1n) is 12.2. The van der Waals surface area contributed by atoms with Crippen molar-refractivity contribution in [2.75, 3.05) is 0 Å². The normalized spacial score (nSPS) is 13.1. The number of furan rings is 1. The molecule has 0 aliphatic carbocycles. The van der Waals surface area contributed by atoms with Crippen LogP contribution in [0.2, 0.25) is 5.02 Å². The Labute approximate surface area is 208 Å². The van der Waals surface area contributed by atoms with Crippen LogP contribution >= 0.6 is 11.6 Å². The van der Waals surface area contributed by atoms with Gasteiger partial charge in [0.1, 0.15) is 18.1 Å². The average molecular weight is 482 g/mol. The van der Waals surface area contributed by atoms with E-state index in [-0.39, 0.29) is 30.2 Å². The van der Waals surface area contributed by atoms with Gasteiger partial charge in [-0.15, -0.1) is 0 Å².